The monoisotopic (exact) mass is 606 g/mol. The van der Waals surface area contributed by atoms with Crippen LogP contribution >= 0.6 is 0 Å². The van der Waals surface area contributed by atoms with Gasteiger partial charge >= 0.3 is 11.9 Å². The predicted molar refractivity (Wildman–Crippen MR) is 165 cm³/mol. The first-order valence-electron chi connectivity index (χ1n) is 15.2. The van der Waals surface area contributed by atoms with Gasteiger partial charge in [0.25, 0.3) is 5.91 Å². The number of H-pyrrole nitrogens is 2. The number of allylic oxidation sites excluding steroid dienone is 2. The highest BCUT2D eigenvalue weighted by Crippen LogP contribution is 2.33. The fourth-order valence-corrected chi connectivity index (χ4v) is 6.53. The molecular weight excluding hydrogens is 564 g/mol. The third kappa shape index (κ3) is 6.62. The SMILES string of the molecule is CCC1=C(C)C(Cc2[nH]c(Cc3[nH]c(/C=C4\NC(=O)[C@H](CO)[C@H]4CC)c(C)c3CCC(=O)O)c(CCC(=O)O)c2C)=NC1=O. The number of carboxylic acids is 2. The molecular formula is C33H42N4O7. The number of aliphatic imine (C=N–C) groups is 1. The lowest BCUT2D eigenvalue weighted by Gasteiger charge is -2.13. The lowest BCUT2D eigenvalue weighted by Crippen LogP contribution is -2.22. The molecule has 4 rings (SSSR count). The zero-order valence-electron chi connectivity index (χ0n) is 26.0. The number of carbonyl (C=O) groups excluding carboxylic acids is 2. The zero-order chi connectivity index (χ0) is 32.3. The van der Waals surface area contributed by atoms with Crippen molar-refractivity contribution in [3.63, 3.8) is 0 Å². The van der Waals surface area contributed by atoms with Crippen molar-refractivity contribution in [2.75, 3.05) is 6.61 Å². The summed E-state index contributed by atoms with van der Waals surface area (Å²) in [6, 6.07) is 0. The van der Waals surface area contributed by atoms with E-state index in [1.165, 1.54) is 0 Å². The van der Waals surface area contributed by atoms with Crippen molar-refractivity contribution in [1.29, 1.82) is 0 Å². The van der Waals surface area contributed by atoms with Gasteiger partial charge in [-0.25, -0.2) is 4.99 Å². The number of hydrogen-bond donors (Lipinski definition) is 6. The standard InChI is InChI=1S/C33H42N4O7/c1-6-19-16(3)26(36-32(19)43)12-24-17(4)21(8-10-30(39)40)28(34-24)14-29-22(9-11-31(41)42)18(5)25(35-29)13-27-20(7-2)23(15-38)33(44)37-27/h13,20,23,34-35,38H,6-12,14-15H2,1-5H3,(H,37,44)(H,39,40)(H,41,42)/b27-13-/t20-,23-/m1/s1. The molecule has 0 bridgehead atoms. The molecule has 11 nitrogen and oxygen atoms in total. The van der Waals surface area contributed by atoms with Gasteiger partial charge in [0.1, 0.15) is 0 Å². The van der Waals surface area contributed by atoms with E-state index in [2.05, 4.69) is 20.3 Å². The summed E-state index contributed by atoms with van der Waals surface area (Å²) >= 11 is 0. The molecule has 11 heteroatoms. The number of rotatable bonds is 14. The number of nitrogens with zero attached hydrogens (tertiary/aromatic N) is 1. The fraction of sp³-hybridized carbons (Fsp3) is 0.485. The summed E-state index contributed by atoms with van der Waals surface area (Å²) in [5.41, 5.74) is 9.72. The Bertz CT molecular complexity index is 1590. The van der Waals surface area contributed by atoms with E-state index in [0.29, 0.717) is 55.5 Å². The molecule has 2 amide bonds. The quantitative estimate of drug-likeness (QED) is 0.188. The van der Waals surface area contributed by atoms with Gasteiger partial charge in [-0.15, -0.1) is 0 Å². The number of nitrogens with one attached hydrogen (secondary N) is 3. The molecule has 4 heterocycles. The average Bonchev–Trinajstić information content (AvgIpc) is 3.62. The van der Waals surface area contributed by atoms with Gasteiger partial charge in [0, 0.05) is 65.6 Å². The molecule has 44 heavy (non-hydrogen) atoms. The van der Waals surface area contributed by atoms with E-state index in [-0.39, 0.29) is 37.2 Å². The average molecular weight is 607 g/mol. The second-order valence-corrected chi connectivity index (χ2v) is 11.7. The lowest BCUT2D eigenvalue weighted by atomic mass is 9.91. The fourth-order valence-electron chi connectivity index (χ4n) is 6.53. The number of aliphatic hydroxyl groups excluding tert-OH is 1. The van der Waals surface area contributed by atoms with Gasteiger partial charge in [-0.05, 0) is 80.4 Å². The van der Waals surface area contributed by atoms with Gasteiger partial charge in [0.15, 0.2) is 0 Å². The molecule has 2 aromatic rings. The predicted octanol–water partition coefficient (Wildman–Crippen LogP) is 3.94. The summed E-state index contributed by atoms with van der Waals surface area (Å²) in [6.45, 7) is 9.40. The minimum Gasteiger partial charge on any atom is -0.481 e. The molecule has 0 unspecified atom stereocenters. The van der Waals surface area contributed by atoms with E-state index >= 15 is 0 Å². The lowest BCUT2D eigenvalue weighted by molar-refractivity contribution is -0.138. The largest absolute Gasteiger partial charge is 0.481 e. The maximum atomic E-state index is 12.5. The van der Waals surface area contributed by atoms with Gasteiger partial charge in [-0.2, -0.15) is 0 Å². The Balaban J connectivity index is 1.75. The third-order valence-electron chi connectivity index (χ3n) is 9.11. The Labute approximate surface area is 256 Å². The number of carboxylic acid groups (broad SMARTS) is 2. The molecule has 2 aromatic heterocycles. The number of aliphatic carboxylic acids is 2. The van der Waals surface area contributed by atoms with Gasteiger partial charge in [0.05, 0.1) is 18.2 Å². The smallest absolute Gasteiger partial charge is 0.303 e. The first kappa shape index (κ1) is 32.7. The summed E-state index contributed by atoms with van der Waals surface area (Å²) in [5, 5.41) is 31.6. The molecule has 2 atom stereocenters. The van der Waals surface area contributed by atoms with Crippen LogP contribution in [0.3, 0.4) is 0 Å². The van der Waals surface area contributed by atoms with Crippen molar-refractivity contribution in [1.82, 2.24) is 15.3 Å². The van der Waals surface area contributed by atoms with Crippen molar-refractivity contribution in [2.24, 2.45) is 16.8 Å². The molecule has 236 valence electrons. The highest BCUT2D eigenvalue weighted by molar-refractivity contribution is 6.19. The Hall–Kier alpha value is -4.25. The second kappa shape index (κ2) is 13.6. The molecule has 0 aliphatic carbocycles. The summed E-state index contributed by atoms with van der Waals surface area (Å²) in [5.74, 6) is -2.94. The van der Waals surface area contributed by atoms with Crippen molar-refractivity contribution in [2.45, 2.75) is 86.0 Å². The number of carbonyl (C=O) groups is 4. The first-order valence-corrected chi connectivity index (χ1v) is 15.2. The van der Waals surface area contributed by atoms with E-state index in [1.807, 2.05) is 40.7 Å². The summed E-state index contributed by atoms with van der Waals surface area (Å²) in [6.07, 6.45) is 4.39. The van der Waals surface area contributed by atoms with Crippen LogP contribution in [0.5, 0.6) is 0 Å². The maximum Gasteiger partial charge on any atom is 0.303 e. The number of hydrogen-bond acceptors (Lipinski definition) is 5. The van der Waals surface area contributed by atoms with Crippen LogP contribution in [0.4, 0.5) is 0 Å². The van der Waals surface area contributed by atoms with Crippen LogP contribution in [-0.4, -0.2) is 61.4 Å². The Morgan fingerprint density at radius 3 is 2.02 bits per heavy atom. The van der Waals surface area contributed by atoms with Crippen LogP contribution in [0.25, 0.3) is 6.08 Å². The van der Waals surface area contributed by atoms with Gasteiger partial charge < -0.3 is 30.6 Å². The molecule has 2 aliphatic rings. The maximum absolute atomic E-state index is 12.5. The molecule has 1 fully saturated rings. The van der Waals surface area contributed by atoms with Crippen LogP contribution < -0.4 is 5.32 Å². The Morgan fingerprint density at radius 1 is 0.864 bits per heavy atom. The normalized spacial score (nSPS) is 19.3. The van der Waals surface area contributed by atoms with E-state index in [9.17, 15) is 34.5 Å². The molecule has 0 saturated carbocycles. The van der Waals surface area contributed by atoms with Gasteiger partial charge in [0.2, 0.25) is 5.91 Å². The number of aromatic nitrogens is 2. The Morgan fingerprint density at radius 2 is 1.48 bits per heavy atom. The Kier molecular flexibility index (Phi) is 10.1. The summed E-state index contributed by atoms with van der Waals surface area (Å²) in [7, 11) is 0. The highest BCUT2D eigenvalue weighted by atomic mass is 16.4. The van der Waals surface area contributed by atoms with Crippen LogP contribution in [0.15, 0.2) is 21.8 Å². The van der Waals surface area contributed by atoms with Crippen molar-refractivity contribution in [3.8, 4) is 0 Å². The topological polar surface area (TPSA) is 185 Å². The molecule has 0 aromatic carbocycles. The highest BCUT2D eigenvalue weighted by Gasteiger charge is 2.37. The van der Waals surface area contributed by atoms with E-state index < -0.39 is 17.9 Å². The van der Waals surface area contributed by atoms with Crippen LogP contribution in [0.2, 0.25) is 0 Å². The molecule has 0 radical (unpaired) electrons. The van der Waals surface area contributed by atoms with Gasteiger partial charge in [-0.1, -0.05) is 13.8 Å². The second-order valence-electron chi connectivity index (χ2n) is 11.7. The minimum atomic E-state index is -0.918. The van der Waals surface area contributed by atoms with Crippen LogP contribution in [-0.2, 0) is 44.9 Å². The molecule has 1 saturated heterocycles. The number of amides is 2. The summed E-state index contributed by atoms with van der Waals surface area (Å²) < 4.78 is 0. The van der Waals surface area contributed by atoms with Crippen LogP contribution in [0.1, 0.15) is 91.5 Å². The van der Waals surface area contributed by atoms with Gasteiger partial charge in [-0.3, -0.25) is 19.2 Å². The van der Waals surface area contributed by atoms with Crippen molar-refractivity contribution < 1.29 is 34.5 Å². The molecule has 2 aliphatic heterocycles. The van der Waals surface area contributed by atoms with Crippen LogP contribution in [0, 0.1) is 25.7 Å². The minimum absolute atomic E-state index is 0.0550. The number of aliphatic hydroxyl groups is 1. The summed E-state index contributed by atoms with van der Waals surface area (Å²) in [4.78, 5) is 59.2. The van der Waals surface area contributed by atoms with E-state index in [1.54, 1.807) is 0 Å². The number of aromatic amines is 2. The molecule has 6 N–H and O–H groups in total. The first-order chi connectivity index (χ1) is 20.9. The van der Waals surface area contributed by atoms with E-state index in [4.69, 9.17) is 0 Å². The van der Waals surface area contributed by atoms with Crippen molar-refractivity contribution >= 4 is 35.5 Å². The molecule has 0 spiro atoms. The zero-order valence-corrected chi connectivity index (χ0v) is 26.0. The van der Waals surface area contributed by atoms with Crippen molar-refractivity contribution in [3.05, 3.63) is 61.9 Å². The third-order valence-corrected chi connectivity index (χ3v) is 9.11. The van der Waals surface area contributed by atoms with E-state index in [0.717, 1.165) is 50.6 Å².